The summed E-state index contributed by atoms with van der Waals surface area (Å²) in [6.07, 6.45) is 0. The Bertz CT molecular complexity index is 1120. The van der Waals surface area contributed by atoms with Gasteiger partial charge in [-0.2, -0.15) is 5.10 Å². The molecule has 0 saturated carbocycles. The first-order valence-electron chi connectivity index (χ1n) is 11.8. The van der Waals surface area contributed by atoms with Gasteiger partial charge in [0.05, 0.1) is 30.1 Å². The second kappa shape index (κ2) is 11.4. The Morgan fingerprint density at radius 1 is 1.14 bits per heavy atom. The van der Waals surface area contributed by atoms with E-state index in [9.17, 15) is 9.18 Å². The van der Waals surface area contributed by atoms with Crippen molar-refractivity contribution in [3.8, 4) is 17.3 Å². The second-order valence-corrected chi connectivity index (χ2v) is 9.72. The van der Waals surface area contributed by atoms with Crippen molar-refractivity contribution in [3.05, 3.63) is 71.7 Å². The molecule has 3 aromatic rings. The Morgan fingerprint density at radius 2 is 1.86 bits per heavy atom. The Hall–Kier alpha value is -3.39. The van der Waals surface area contributed by atoms with Crippen LogP contribution in [-0.2, 0) is 11.3 Å². The normalized spacial score (nSPS) is 11.5. The molecule has 1 heterocycles. The fourth-order valence-corrected chi connectivity index (χ4v) is 3.60. The summed E-state index contributed by atoms with van der Waals surface area (Å²) in [5.74, 6) is 0.447. The molecule has 3 rings (SSSR count). The zero-order chi connectivity index (χ0) is 25.6. The van der Waals surface area contributed by atoms with Gasteiger partial charge < -0.3 is 19.7 Å². The fraction of sp³-hybridized carbons (Fsp3) is 0.407. The molecular weight excluding hydrogens is 447 g/mol. The first-order valence-corrected chi connectivity index (χ1v) is 11.8. The summed E-state index contributed by atoms with van der Waals surface area (Å²) in [4.78, 5) is 14.9. The van der Waals surface area contributed by atoms with Gasteiger partial charge in [-0.25, -0.2) is 13.9 Å². The van der Waals surface area contributed by atoms with Crippen molar-refractivity contribution in [2.45, 2.75) is 52.6 Å². The molecule has 0 aliphatic rings. The lowest BCUT2D eigenvalue weighted by molar-refractivity contribution is 0.142. The standard InChI is InChI=1S/C27H35FN4O3/c1-19(2)24-23(18-31(15-16-34-6)26(33)29-27(3,4)5)25(35-22-14-10-11-20(28)17-22)32(30-24)21-12-8-7-9-13-21/h7-14,17,19H,15-16,18H2,1-6H3,(H,29,33). The summed E-state index contributed by atoms with van der Waals surface area (Å²) in [7, 11) is 1.60. The van der Waals surface area contributed by atoms with Crippen molar-refractivity contribution in [1.29, 1.82) is 0 Å². The van der Waals surface area contributed by atoms with Gasteiger partial charge in [-0.15, -0.1) is 0 Å². The van der Waals surface area contributed by atoms with Crippen LogP contribution in [0.1, 0.15) is 51.8 Å². The van der Waals surface area contributed by atoms with E-state index in [0.717, 1.165) is 16.9 Å². The predicted octanol–water partition coefficient (Wildman–Crippen LogP) is 5.88. The molecule has 35 heavy (non-hydrogen) atoms. The van der Waals surface area contributed by atoms with E-state index in [0.29, 0.717) is 24.8 Å². The summed E-state index contributed by atoms with van der Waals surface area (Å²) >= 11 is 0. The molecule has 0 spiro atoms. The van der Waals surface area contributed by atoms with Gasteiger partial charge in [0, 0.05) is 25.3 Å². The quantitative estimate of drug-likeness (QED) is 0.413. The molecule has 0 aliphatic carbocycles. The van der Waals surface area contributed by atoms with Gasteiger partial charge in [-0.1, -0.05) is 38.1 Å². The Balaban J connectivity index is 2.12. The average molecular weight is 483 g/mol. The van der Waals surface area contributed by atoms with Gasteiger partial charge in [0.2, 0.25) is 5.88 Å². The number of hydrogen-bond acceptors (Lipinski definition) is 4. The zero-order valence-corrected chi connectivity index (χ0v) is 21.3. The van der Waals surface area contributed by atoms with Gasteiger partial charge in [0.1, 0.15) is 11.6 Å². The van der Waals surface area contributed by atoms with Crippen LogP contribution in [-0.4, -0.2) is 46.5 Å². The first kappa shape index (κ1) is 26.2. The van der Waals surface area contributed by atoms with E-state index in [1.54, 1.807) is 28.8 Å². The van der Waals surface area contributed by atoms with E-state index in [2.05, 4.69) is 5.32 Å². The lowest BCUT2D eigenvalue weighted by Gasteiger charge is -2.28. The molecular formula is C27H35FN4O3. The molecule has 1 N–H and O–H groups in total. The van der Waals surface area contributed by atoms with Crippen molar-refractivity contribution >= 4 is 6.03 Å². The number of nitrogens with zero attached hydrogens (tertiary/aromatic N) is 3. The number of benzene rings is 2. The Morgan fingerprint density at radius 3 is 2.46 bits per heavy atom. The molecule has 188 valence electrons. The van der Waals surface area contributed by atoms with Crippen molar-refractivity contribution in [2.75, 3.05) is 20.3 Å². The van der Waals surface area contributed by atoms with Crippen molar-refractivity contribution in [1.82, 2.24) is 20.0 Å². The summed E-state index contributed by atoms with van der Waals surface area (Å²) in [5, 5.41) is 7.90. The number of para-hydroxylation sites is 1. The number of urea groups is 1. The number of ether oxygens (including phenoxy) is 2. The van der Waals surface area contributed by atoms with Crippen LogP contribution in [0.5, 0.6) is 11.6 Å². The second-order valence-electron chi connectivity index (χ2n) is 9.72. The third kappa shape index (κ3) is 7.05. The molecule has 0 atom stereocenters. The van der Waals surface area contributed by atoms with Gasteiger partial charge in [-0.05, 0) is 51.0 Å². The maximum atomic E-state index is 14.0. The SMILES string of the molecule is COCCN(Cc1c(C(C)C)nn(-c2ccccc2)c1Oc1cccc(F)c1)C(=O)NC(C)(C)C. The van der Waals surface area contributed by atoms with E-state index in [4.69, 9.17) is 14.6 Å². The highest BCUT2D eigenvalue weighted by molar-refractivity contribution is 5.75. The van der Waals surface area contributed by atoms with E-state index in [-0.39, 0.29) is 18.5 Å². The minimum absolute atomic E-state index is 0.0553. The van der Waals surface area contributed by atoms with Crippen LogP contribution >= 0.6 is 0 Å². The summed E-state index contributed by atoms with van der Waals surface area (Å²) in [5.41, 5.74) is 1.95. The lowest BCUT2D eigenvalue weighted by Crippen LogP contribution is -2.49. The van der Waals surface area contributed by atoms with E-state index < -0.39 is 11.4 Å². The molecule has 2 amide bonds. The first-order chi connectivity index (χ1) is 16.6. The van der Waals surface area contributed by atoms with Gasteiger partial charge in [0.25, 0.3) is 0 Å². The van der Waals surface area contributed by atoms with Crippen molar-refractivity contribution < 1.29 is 18.7 Å². The van der Waals surface area contributed by atoms with Crippen LogP contribution < -0.4 is 10.1 Å². The number of rotatable bonds is 9. The van der Waals surface area contributed by atoms with Crippen LogP contribution in [0.15, 0.2) is 54.6 Å². The summed E-state index contributed by atoms with van der Waals surface area (Å²) in [6.45, 7) is 10.9. The van der Waals surface area contributed by atoms with Crippen LogP contribution in [0.3, 0.4) is 0 Å². The molecule has 0 fully saturated rings. The van der Waals surface area contributed by atoms with Gasteiger partial charge in [-0.3, -0.25) is 0 Å². The highest BCUT2D eigenvalue weighted by Gasteiger charge is 2.28. The Labute approximate surface area is 206 Å². The monoisotopic (exact) mass is 482 g/mol. The minimum Gasteiger partial charge on any atom is -0.438 e. The predicted molar refractivity (Wildman–Crippen MR) is 135 cm³/mol. The third-order valence-corrected chi connectivity index (χ3v) is 5.21. The molecule has 0 saturated heterocycles. The molecule has 0 unspecified atom stereocenters. The molecule has 1 aromatic heterocycles. The molecule has 7 nitrogen and oxygen atoms in total. The topological polar surface area (TPSA) is 68.6 Å². The van der Waals surface area contributed by atoms with Gasteiger partial charge in [0.15, 0.2) is 0 Å². The lowest BCUT2D eigenvalue weighted by atomic mass is 10.1. The third-order valence-electron chi connectivity index (χ3n) is 5.21. The fourth-order valence-electron chi connectivity index (χ4n) is 3.60. The summed E-state index contributed by atoms with van der Waals surface area (Å²) < 4.78 is 27.2. The van der Waals surface area contributed by atoms with Gasteiger partial charge >= 0.3 is 6.03 Å². The number of halogens is 1. The van der Waals surface area contributed by atoms with Crippen LogP contribution in [0.4, 0.5) is 9.18 Å². The number of hydrogen-bond donors (Lipinski definition) is 1. The molecule has 2 aromatic carbocycles. The minimum atomic E-state index is -0.404. The van der Waals surface area contributed by atoms with Crippen LogP contribution in [0, 0.1) is 5.82 Å². The molecule has 8 heteroatoms. The zero-order valence-electron chi connectivity index (χ0n) is 21.3. The maximum Gasteiger partial charge on any atom is 0.318 e. The van der Waals surface area contributed by atoms with E-state index in [1.807, 2.05) is 65.0 Å². The smallest absolute Gasteiger partial charge is 0.318 e. The van der Waals surface area contributed by atoms with E-state index in [1.165, 1.54) is 12.1 Å². The maximum absolute atomic E-state index is 14.0. The molecule has 0 radical (unpaired) electrons. The average Bonchev–Trinajstić information content (AvgIpc) is 3.14. The number of aromatic nitrogens is 2. The number of amides is 2. The number of nitrogens with one attached hydrogen (secondary N) is 1. The largest absolute Gasteiger partial charge is 0.438 e. The van der Waals surface area contributed by atoms with Crippen LogP contribution in [0.25, 0.3) is 5.69 Å². The molecule has 0 aliphatic heterocycles. The highest BCUT2D eigenvalue weighted by atomic mass is 19.1. The van der Waals surface area contributed by atoms with E-state index >= 15 is 0 Å². The number of carbonyl (C=O) groups is 1. The van der Waals surface area contributed by atoms with Crippen molar-refractivity contribution in [2.24, 2.45) is 0 Å². The Kier molecular flexibility index (Phi) is 8.51. The highest BCUT2D eigenvalue weighted by Crippen LogP contribution is 2.35. The van der Waals surface area contributed by atoms with Crippen molar-refractivity contribution in [3.63, 3.8) is 0 Å². The number of carbonyl (C=O) groups excluding carboxylic acids is 1. The number of methoxy groups -OCH3 is 1. The molecule has 0 bridgehead atoms. The summed E-state index contributed by atoms with van der Waals surface area (Å²) in [6, 6.07) is 15.4. The van der Waals surface area contributed by atoms with Crippen LogP contribution in [0.2, 0.25) is 0 Å².